The van der Waals surface area contributed by atoms with E-state index in [1.165, 1.54) is 4.90 Å². The van der Waals surface area contributed by atoms with Crippen LogP contribution in [0, 0.1) is 11.8 Å². The van der Waals surface area contributed by atoms with E-state index >= 15 is 0 Å². The van der Waals surface area contributed by atoms with Gasteiger partial charge in [0, 0.05) is 42.5 Å². The zero-order valence-electron chi connectivity index (χ0n) is 15.9. The summed E-state index contributed by atoms with van der Waals surface area (Å²) in [6, 6.07) is 7.02. The number of aromatic nitrogens is 2. The summed E-state index contributed by atoms with van der Waals surface area (Å²) >= 11 is 0. The first-order valence-corrected chi connectivity index (χ1v) is 9.37. The summed E-state index contributed by atoms with van der Waals surface area (Å²) in [7, 11) is 1.64. The van der Waals surface area contributed by atoms with Crippen LogP contribution >= 0.6 is 0 Å². The van der Waals surface area contributed by atoms with Crippen molar-refractivity contribution >= 4 is 17.5 Å². The third-order valence-corrected chi connectivity index (χ3v) is 5.46. The van der Waals surface area contributed by atoms with Crippen LogP contribution in [0.2, 0.25) is 0 Å². The quantitative estimate of drug-likeness (QED) is 0.692. The Kier molecular flexibility index (Phi) is 4.44. The summed E-state index contributed by atoms with van der Waals surface area (Å²) in [5, 5.41) is 20.4. The lowest BCUT2D eigenvalue weighted by atomic mass is 10.0. The first kappa shape index (κ1) is 18.3. The molecule has 2 aliphatic rings. The molecule has 3 N–H and O–H groups in total. The number of fused-ring (bicyclic) bond motifs is 1. The van der Waals surface area contributed by atoms with Crippen molar-refractivity contribution in [2.24, 2.45) is 0 Å². The minimum atomic E-state index is -1.64. The molecule has 1 saturated heterocycles. The maximum Gasteiger partial charge on any atom is 0.276 e. The van der Waals surface area contributed by atoms with Crippen LogP contribution in [0.25, 0.3) is 0 Å². The number of hydrogen-bond acceptors (Lipinski definition) is 4. The lowest BCUT2D eigenvalue weighted by Gasteiger charge is -2.13. The molecule has 2 atom stereocenters. The monoisotopic (exact) mass is 378 g/mol. The normalized spacial score (nSPS) is 23.3. The van der Waals surface area contributed by atoms with Crippen LogP contribution in [-0.2, 0) is 11.2 Å². The number of benzene rings is 1. The molecule has 1 fully saturated rings. The van der Waals surface area contributed by atoms with Gasteiger partial charge in [0.2, 0.25) is 5.60 Å². The van der Waals surface area contributed by atoms with Crippen molar-refractivity contribution in [1.82, 2.24) is 15.1 Å². The fourth-order valence-electron chi connectivity index (χ4n) is 3.80. The predicted molar refractivity (Wildman–Crippen MR) is 104 cm³/mol. The zero-order valence-corrected chi connectivity index (χ0v) is 15.9. The van der Waals surface area contributed by atoms with E-state index < -0.39 is 5.60 Å². The number of H-pyrrole nitrogens is 1. The van der Waals surface area contributed by atoms with Crippen molar-refractivity contribution in [3.63, 3.8) is 0 Å². The number of carbonyl (C=O) groups excluding carboxylic acids is 2. The predicted octanol–water partition coefficient (Wildman–Crippen LogP) is 1.66. The fourth-order valence-corrected chi connectivity index (χ4v) is 3.80. The molecule has 1 aromatic heterocycles. The largest absolute Gasteiger partial charge is 0.369 e. The SMILES string of the molecule is C[C@@H]1CCc2[nH]nc(C(=O)Nc3cccc(C#C[C@]4(O)CCN(C)C4=O)c3)c21. The van der Waals surface area contributed by atoms with Crippen LogP contribution in [0.4, 0.5) is 5.69 Å². The molecule has 28 heavy (non-hydrogen) atoms. The maximum absolute atomic E-state index is 12.7. The van der Waals surface area contributed by atoms with E-state index in [9.17, 15) is 14.7 Å². The number of likely N-dealkylation sites (N-methyl/N-ethyl adjacent to an activating group) is 1. The Balaban J connectivity index is 1.52. The lowest BCUT2D eigenvalue weighted by molar-refractivity contribution is -0.137. The van der Waals surface area contributed by atoms with Gasteiger partial charge < -0.3 is 15.3 Å². The smallest absolute Gasteiger partial charge is 0.276 e. The molecule has 0 spiro atoms. The topological polar surface area (TPSA) is 98.3 Å². The molecule has 2 amide bonds. The highest BCUT2D eigenvalue weighted by Crippen LogP contribution is 2.33. The van der Waals surface area contributed by atoms with Gasteiger partial charge in [-0.15, -0.1) is 0 Å². The Labute approximate surface area is 163 Å². The number of anilines is 1. The van der Waals surface area contributed by atoms with Gasteiger partial charge in [0.1, 0.15) is 0 Å². The molecule has 2 heterocycles. The first-order valence-electron chi connectivity index (χ1n) is 9.37. The Morgan fingerprint density at radius 2 is 2.29 bits per heavy atom. The van der Waals surface area contributed by atoms with Gasteiger partial charge in [-0.1, -0.05) is 24.8 Å². The van der Waals surface area contributed by atoms with Crippen molar-refractivity contribution in [3.05, 3.63) is 46.8 Å². The number of nitrogens with one attached hydrogen (secondary N) is 2. The van der Waals surface area contributed by atoms with Crippen molar-refractivity contribution in [2.75, 3.05) is 18.9 Å². The number of carbonyl (C=O) groups is 2. The summed E-state index contributed by atoms with van der Waals surface area (Å²) < 4.78 is 0. The Morgan fingerprint density at radius 1 is 1.46 bits per heavy atom. The highest BCUT2D eigenvalue weighted by molar-refractivity contribution is 6.04. The van der Waals surface area contributed by atoms with E-state index in [1.807, 2.05) is 0 Å². The number of aliphatic hydroxyl groups is 1. The fraction of sp³-hybridized carbons (Fsp3) is 0.381. The van der Waals surface area contributed by atoms with Gasteiger partial charge in [0.25, 0.3) is 11.8 Å². The van der Waals surface area contributed by atoms with Crippen LogP contribution < -0.4 is 5.32 Å². The van der Waals surface area contributed by atoms with Gasteiger partial charge in [-0.25, -0.2) is 0 Å². The number of nitrogens with zero attached hydrogens (tertiary/aromatic N) is 2. The van der Waals surface area contributed by atoms with Crippen molar-refractivity contribution in [2.45, 2.75) is 37.7 Å². The number of amides is 2. The molecule has 1 aromatic carbocycles. The number of hydrogen-bond donors (Lipinski definition) is 3. The Hall–Kier alpha value is -3.11. The van der Waals surface area contributed by atoms with Gasteiger partial charge >= 0.3 is 0 Å². The van der Waals surface area contributed by atoms with E-state index in [2.05, 4.69) is 34.3 Å². The van der Waals surface area contributed by atoms with Crippen LogP contribution in [0.15, 0.2) is 24.3 Å². The van der Waals surface area contributed by atoms with Crippen LogP contribution in [0.3, 0.4) is 0 Å². The minimum absolute atomic E-state index is 0.261. The number of aryl methyl sites for hydroxylation is 1. The van der Waals surface area contributed by atoms with Gasteiger partial charge in [-0.3, -0.25) is 14.7 Å². The van der Waals surface area contributed by atoms with Gasteiger partial charge in [-0.2, -0.15) is 5.10 Å². The third kappa shape index (κ3) is 3.16. The second-order valence-electron chi connectivity index (χ2n) is 7.53. The summed E-state index contributed by atoms with van der Waals surface area (Å²) in [5.41, 5.74) is 2.02. The van der Waals surface area contributed by atoms with E-state index in [0.29, 0.717) is 29.4 Å². The molecule has 4 rings (SSSR count). The Bertz CT molecular complexity index is 1020. The first-order chi connectivity index (χ1) is 13.4. The van der Waals surface area contributed by atoms with Crippen molar-refractivity contribution < 1.29 is 14.7 Å². The molecule has 1 aliphatic carbocycles. The molecule has 0 bridgehead atoms. The minimum Gasteiger partial charge on any atom is -0.369 e. The molecule has 144 valence electrons. The molecule has 7 heteroatoms. The van der Waals surface area contributed by atoms with E-state index in [0.717, 1.165) is 24.1 Å². The third-order valence-electron chi connectivity index (χ3n) is 5.46. The Morgan fingerprint density at radius 3 is 3.04 bits per heavy atom. The molecule has 0 radical (unpaired) electrons. The van der Waals surface area contributed by atoms with E-state index in [4.69, 9.17) is 0 Å². The standard InChI is InChI=1S/C21H22N4O3/c1-13-6-7-16-17(13)18(24-23-16)19(26)22-15-5-3-4-14(12-15)8-9-21(28)10-11-25(2)20(21)27/h3-5,12-13,28H,6-7,10-11H2,1-2H3,(H,22,26)(H,23,24)/t13-,21+/m1/s1. The van der Waals surface area contributed by atoms with E-state index in [-0.39, 0.29) is 18.2 Å². The van der Waals surface area contributed by atoms with Crippen LogP contribution in [-0.4, -0.2) is 51.2 Å². The molecular formula is C21H22N4O3. The van der Waals surface area contributed by atoms with Crippen LogP contribution in [0.5, 0.6) is 0 Å². The molecule has 7 nitrogen and oxygen atoms in total. The second kappa shape index (κ2) is 6.80. The summed E-state index contributed by atoms with van der Waals surface area (Å²) in [4.78, 5) is 26.2. The van der Waals surface area contributed by atoms with Gasteiger partial charge in [0.15, 0.2) is 5.69 Å². The molecular weight excluding hydrogens is 356 g/mol. The average molecular weight is 378 g/mol. The summed E-state index contributed by atoms with van der Waals surface area (Å²) in [5.74, 6) is 5.21. The highest BCUT2D eigenvalue weighted by atomic mass is 16.3. The van der Waals surface area contributed by atoms with E-state index in [1.54, 1.807) is 31.3 Å². The lowest BCUT2D eigenvalue weighted by Crippen LogP contribution is -2.37. The second-order valence-corrected chi connectivity index (χ2v) is 7.53. The van der Waals surface area contributed by atoms with Crippen molar-refractivity contribution in [1.29, 1.82) is 0 Å². The van der Waals surface area contributed by atoms with Crippen molar-refractivity contribution in [3.8, 4) is 11.8 Å². The highest BCUT2D eigenvalue weighted by Gasteiger charge is 2.42. The summed E-state index contributed by atoms with van der Waals surface area (Å²) in [6.45, 7) is 2.58. The maximum atomic E-state index is 12.7. The molecule has 1 aliphatic heterocycles. The molecule has 2 aromatic rings. The number of aromatic amines is 1. The number of likely N-dealkylation sites (tertiary alicyclic amines) is 1. The molecule has 0 saturated carbocycles. The zero-order chi connectivity index (χ0) is 19.9. The summed E-state index contributed by atoms with van der Waals surface area (Å²) in [6.07, 6.45) is 2.22. The van der Waals surface area contributed by atoms with Gasteiger partial charge in [0.05, 0.1) is 0 Å². The molecule has 0 unspecified atom stereocenters. The number of rotatable bonds is 2. The van der Waals surface area contributed by atoms with Crippen LogP contribution in [0.1, 0.15) is 53.0 Å². The van der Waals surface area contributed by atoms with Gasteiger partial charge in [-0.05, 0) is 37.0 Å². The average Bonchev–Trinajstić information content (AvgIpc) is 3.33.